The Balaban J connectivity index is 2.35. The molecule has 3 heteroatoms. The van der Waals surface area contributed by atoms with Crippen LogP contribution in [0.3, 0.4) is 0 Å². The summed E-state index contributed by atoms with van der Waals surface area (Å²) in [5.74, 6) is 0.817. The van der Waals surface area contributed by atoms with E-state index in [1.165, 1.54) is 6.08 Å². The van der Waals surface area contributed by atoms with E-state index in [1.807, 2.05) is 36.4 Å². The third-order valence-corrected chi connectivity index (χ3v) is 2.45. The fourth-order valence-electron chi connectivity index (χ4n) is 1.58. The van der Waals surface area contributed by atoms with E-state index >= 15 is 0 Å². The highest BCUT2D eigenvalue weighted by molar-refractivity contribution is 5.67. The van der Waals surface area contributed by atoms with Gasteiger partial charge in [0, 0.05) is 0 Å². The lowest BCUT2D eigenvalue weighted by Gasteiger charge is -2.04. The summed E-state index contributed by atoms with van der Waals surface area (Å²) >= 11 is 0. The molecule has 2 aromatic carbocycles. The van der Waals surface area contributed by atoms with Crippen LogP contribution in [0.15, 0.2) is 53.5 Å². The van der Waals surface area contributed by atoms with E-state index in [9.17, 15) is 4.79 Å². The standard InChI is InChI=1S/C14H11NO2/c1-17-14-4-2-3-12(9-14)11-5-7-13(8-6-11)15-10-16/h2-9H,1H3. The first kappa shape index (κ1) is 11.1. The Hall–Kier alpha value is -2.38. The van der Waals surface area contributed by atoms with Crippen LogP contribution in [0, 0.1) is 0 Å². The summed E-state index contributed by atoms with van der Waals surface area (Å²) in [4.78, 5) is 13.6. The summed E-state index contributed by atoms with van der Waals surface area (Å²) in [5.41, 5.74) is 2.71. The molecule has 0 saturated heterocycles. The maximum absolute atomic E-state index is 10.1. The Labute approximate surface area is 99.4 Å². The smallest absolute Gasteiger partial charge is 0.240 e. The molecule has 17 heavy (non-hydrogen) atoms. The summed E-state index contributed by atoms with van der Waals surface area (Å²) in [6, 6.07) is 15.2. The largest absolute Gasteiger partial charge is 0.497 e. The van der Waals surface area contributed by atoms with E-state index in [-0.39, 0.29) is 0 Å². The van der Waals surface area contributed by atoms with Gasteiger partial charge in [-0.2, -0.15) is 4.99 Å². The van der Waals surface area contributed by atoms with Crippen molar-refractivity contribution in [3.05, 3.63) is 48.5 Å². The predicted octanol–water partition coefficient (Wildman–Crippen LogP) is 3.33. The van der Waals surface area contributed by atoms with Gasteiger partial charge < -0.3 is 4.74 Å². The maximum Gasteiger partial charge on any atom is 0.240 e. The summed E-state index contributed by atoms with van der Waals surface area (Å²) < 4.78 is 5.17. The highest BCUT2D eigenvalue weighted by atomic mass is 16.5. The van der Waals surface area contributed by atoms with Crippen LogP contribution in [0.2, 0.25) is 0 Å². The first-order chi connectivity index (χ1) is 8.33. The lowest BCUT2D eigenvalue weighted by Crippen LogP contribution is -1.83. The van der Waals surface area contributed by atoms with Gasteiger partial charge >= 0.3 is 0 Å². The van der Waals surface area contributed by atoms with Crippen LogP contribution in [-0.4, -0.2) is 13.2 Å². The van der Waals surface area contributed by atoms with Gasteiger partial charge in [-0.15, -0.1) is 0 Å². The third kappa shape index (κ3) is 2.60. The Kier molecular flexibility index (Phi) is 3.34. The normalized spacial score (nSPS) is 9.47. The summed E-state index contributed by atoms with van der Waals surface area (Å²) in [7, 11) is 1.64. The molecule has 0 aliphatic rings. The molecule has 0 heterocycles. The summed E-state index contributed by atoms with van der Waals surface area (Å²) in [6.07, 6.45) is 1.52. The third-order valence-electron chi connectivity index (χ3n) is 2.45. The van der Waals surface area contributed by atoms with E-state index in [0.717, 1.165) is 16.9 Å². The molecule has 0 bridgehead atoms. The van der Waals surface area contributed by atoms with Crippen LogP contribution in [0.5, 0.6) is 5.75 Å². The van der Waals surface area contributed by atoms with Crippen molar-refractivity contribution in [2.75, 3.05) is 7.11 Å². The zero-order valence-corrected chi connectivity index (χ0v) is 9.38. The van der Waals surface area contributed by atoms with Crippen molar-refractivity contribution >= 4 is 11.8 Å². The maximum atomic E-state index is 10.1. The zero-order valence-electron chi connectivity index (χ0n) is 9.38. The average Bonchev–Trinajstić information content (AvgIpc) is 2.40. The molecular weight excluding hydrogens is 214 g/mol. The van der Waals surface area contributed by atoms with Crippen molar-refractivity contribution in [1.29, 1.82) is 0 Å². The second-order valence-electron chi connectivity index (χ2n) is 3.48. The van der Waals surface area contributed by atoms with Gasteiger partial charge in [0.05, 0.1) is 12.8 Å². The number of aliphatic imine (C=N–C) groups is 1. The van der Waals surface area contributed by atoms with Crippen molar-refractivity contribution in [1.82, 2.24) is 0 Å². The van der Waals surface area contributed by atoms with Crippen molar-refractivity contribution < 1.29 is 9.53 Å². The topological polar surface area (TPSA) is 38.7 Å². The van der Waals surface area contributed by atoms with Crippen molar-refractivity contribution in [2.45, 2.75) is 0 Å². The molecule has 84 valence electrons. The van der Waals surface area contributed by atoms with E-state index in [0.29, 0.717) is 5.69 Å². The van der Waals surface area contributed by atoms with Gasteiger partial charge in [0.25, 0.3) is 0 Å². The Bertz CT molecular complexity index is 555. The van der Waals surface area contributed by atoms with E-state index < -0.39 is 0 Å². The van der Waals surface area contributed by atoms with E-state index in [2.05, 4.69) is 4.99 Å². The van der Waals surface area contributed by atoms with Crippen molar-refractivity contribution in [3.8, 4) is 16.9 Å². The molecule has 0 unspecified atom stereocenters. The van der Waals surface area contributed by atoms with Crippen LogP contribution in [-0.2, 0) is 4.79 Å². The van der Waals surface area contributed by atoms with Crippen LogP contribution in [0.25, 0.3) is 11.1 Å². The second kappa shape index (κ2) is 5.10. The highest BCUT2D eigenvalue weighted by Crippen LogP contribution is 2.25. The number of hydrogen-bond acceptors (Lipinski definition) is 3. The fourth-order valence-corrected chi connectivity index (χ4v) is 1.58. The molecule has 0 saturated carbocycles. The summed E-state index contributed by atoms with van der Waals surface area (Å²) in [6.45, 7) is 0. The van der Waals surface area contributed by atoms with Gasteiger partial charge in [-0.3, -0.25) is 0 Å². The number of carbonyl (C=O) groups excluding carboxylic acids is 1. The molecule has 0 N–H and O–H groups in total. The molecule has 0 fully saturated rings. The van der Waals surface area contributed by atoms with Gasteiger partial charge in [-0.05, 0) is 35.4 Å². The molecule has 0 atom stereocenters. The summed E-state index contributed by atoms with van der Waals surface area (Å²) in [5, 5.41) is 0. The predicted molar refractivity (Wildman–Crippen MR) is 66.2 cm³/mol. The van der Waals surface area contributed by atoms with E-state index in [4.69, 9.17) is 4.74 Å². The number of ether oxygens (including phenoxy) is 1. The number of hydrogen-bond donors (Lipinski definition) is 0. The minimum Gasteiger partial charge on any atom is -0.497 e. The van der Waals surface area contributed by atoms with Gasteiger partial charge in [0.1, 0.15) is 5.75 Å². The molecule has 2 rings (SSSR count). The van der Waals surface area contributed by atoms with E-state index in [1.54, 1.807) is 19.2 Å². The SMILES string of the molecule is COc1cccc(-c2ccc(N=C=O)cc2)c1. The molecule has 0 aliphatic heterocycles. The quantitative estimate of drug-likeness (QED) is 0.593. The number of benzene rings is 2. The molecule has 0 aromatic heterocycles. The minimum absolute atomic E-state index is 0.603. The monoisotopic (exact) mass is 225 g/mol. The van der Waals surface area contributed by atoms with Gasteiger partial charge in [-0.25, -0.2) is 4.79 Å². The van der Waals surface area contributed by atoms with Crippen LogP contribution >= 0.6 is 0 Å². The highest BCUT2D eigenvalue weighted by Gasteiger charge is 1.99. The van der Waals surface area contributed by atoms with Gasteiger partial charge in [0.2, 0.25) is 6.08 Å². The lowest BCUT2D eigenvalue weighted by molar-refractivity contribution is 0.415. The number of rotatable bonds is 3. The van der Waals surface area contributed by atoms with Crippen LogP contribution in [0.1, 0.15) is 0 Å². The van der Waals surface area contributed by atoms with Gasteiger partial charge in [0.15, 0.2) is 0 Å². The first-order valence-electron chi connectivity index (χ1n) is 5.16. The lowest BCUT2D eigenvalue weighted by atomic mass is 10.1. The molecule has 0 aliphatic carbocycles. The molecule has 2 aromatic rings. The Morgan fingerprint density at radius 2 is 1.82 bits per heavy atom. The van der Waals surface area contributed by atoms with Gasteiger partial charge in [-0.1, -0.05) is 24.3 Å². The van der Waals surface area contributed by atoms with Crippen molar-refractivity contribution in [3.63, 3.8) is 0 Å². The minimum atomic E-state index is 0.603. The first-order valence-corrected chi connectivity index (χ1v) is 5.16. The number of methoxy groups -OCH3 is 1. The Morgan fingerprint density at radius 3 is 2.47 bits per heavy atom. The molecule has 0 spiro atoms. The number of nitrogens with zero attached hydrogens (tertiary/aromatic N) is 1. The fraction of sp³-hybridized carbons (Fsp3) is 0.0714. The average molecular weight is 225 g/mol. The molecular formula is C14H11NO2. The molecule has 0 amide bonds. The molecule has 0 radical (unpaired) electrons. The Morgan fingerprint density at radius 1 is 1.06 bits per heavy atom. The van der Waals surface area contributed by atoms with Crippen LogP contribution in [0.4, 0.5) is 5.69 Å². The second-order valence-corrected chi connectivity index (χ2v) is 3.48. The number of isocyanates is 1. The van der Waals surface area contributed by atoms with Crippen molar-refractivity contribution in [2.24, 2.45) is 4.99 Å². The zero-order chi connectivity index (χ0) is 12.1. The molecule has 3 nitrogen and oxygen atoms in total. The van der Waals surface area contributed by atoms with Crippen LogP contribution < -0.4 is 4.74 Å².